The topological polar surface area (TPSA) is 118 Å². The number of aliphatic imine (C=N–C) groups is 1. The van der Waals surface area contributed by atoms with E-state index in [0.29, 0.717) is 25.6 Å². The number of hydrogen-bond donors (Lipinski definition) is 3. The molecule has 0 atom stereocenters. The van der Waals surface area contributed by atoms with Crippen LogP contribution >= 0.6 is 0 Å². The number of guanidine groups is 1. The van der Waals surface area contributed by atoms with E-state index in [-0.39, 0.29) is 0 Å². The van der Waals surface area contributed by atoms with Crippen LogP contribution in [0.5, 0.6) is 0 Å². The van der Waals surface area contributed by atoms with Crippen LogP contribution in [0.2, 0.25) is 0 Å². The molecule has 0 unspecified atom stereocenters. The first-order valence-corrected chi connectivity index (χ1v) is 9.42. The fourth-order valence-electron chi connectivity index (χ4n) is 2.64. The van der Waals surface area contributed by atoms with Crippen molar-refractivity contribution in [2.24, 2.45) is 12.0 Å². The first-order valence-electron chi connectivity index (χ1n) is 9.42. The fourth-order valence-corrected chi connectivity index (χ4v) is 2.64. The molecule has 0 amide bonds. The molecule has 150 valence electrons. The Kier molecular flexibility index (Phi) is 6.41. The highest BCUT2D eigenvalue weighted by molar-refractivity contribution is 5.86. The quantitative estimate of drug-likeness (QED) is 0.304. The van der Waals surface area contributed by atoms with E-state index in [1.165, 1.54) is 6.33 Å². The number of aromatic nitrogens is 5. The predicted octanol–water partition coefficient (Wildman–Crippen LogP) is 1.64. The van der Waals surface area contributed by atoms with Gasteiger partial charge in [-0.15, -0.1) is 0 Å². The van der Waals surface area contributed by atoms with Crippen LogP contribution in [0.15, 0.2) is 28.1 Å². The first kappa shape index (κ1) is 19.6. The molecule has 3 aromatic rings. The van der Waals surface area contributed by atoms with Crippen LogP contribution in [-0.2, 0) is 13.6 Å². The maximum absolute atomic E-state index is 5.33. The molecule has 0 aromatic carbocycles. The highest BCUT2D eigenvalue weighted by atomic mass is 16.5. The molecular weight excluding hydrogens is 358 g/mol. The lowest BCUT2D eigenvalue weighted by Crippen LogP contribution is -2.39. The Morgan fingerprint density at radius 2 is 2.11 bits per heavy atom. The van der Waals surface area contributed by atoms with E-state index in [1.54, 1.807) is 10.9 Å². The summed E-state index contributed by atoms with van der Waals surface area (Å²) in [7, 11) is 1.86. The third-order valence-electron chi connectivity index (χ3n) is 4.15. The average molecular weight is 385 g/mol. The van der Waals surface area contributed by atoms with Crippen LogP contribution in [-0.4, -0.2) is 50.5 Å². The Bertz CT molecular complexity index is 928. The van der Waals surface area contributed by atoms with Crippen LogP contribution in [0.25, 0.3) is 11.0 Å². The van der Waals surface area contributed by atoms with Gasteiger partial charge in [-0.25, -0.2) is 15.0 Å². The second kappa shape index (κ2) is 9.16. The molecule has 0 aliphatic heterocycles. The van der Waals surface area contributed by atoms with Gasteiger partial charge in [0.1, 0.15) is 18.7 Å². The number of nitrogens with one attached hydrogen (secondary N) is 3. The van der Waals surface area contributed by atoms with Crippen molar-refractivity contribution < 1.29 is 4.52 Å². The minimum Gasteiger partial charge on any atom is -0.368 e. The molecule has 0 radical (unpaired) electrons. The minimum absolute atomic E-state index is 0.340. The van der Waals surface area contributed by atoms with E-state index < -0.39 is 0 Å². The summed E-state index contributed by atoms with van der Waals surface area (Å²) >= 11 is 0. The minimum atomic E-state index is 0.340. The molecule has 3 rings (SSSR count). The lowest BCUT2D eigenvalue weighted by atomic mass is 10.1. The Morgan fingerprint density at radius 3 is 2.86 bits per heavy atom. The monoisotopic (exact) mass is 385 g/mol. The largest absolute Gasteiger partial charge is 0.368 e. The van der Waals surface area contributed by atoms with E-state index >= 15 is 0 Å². The van der Waals surface area contributed by atoms with Crippen molar-refractivity contribution in [3.8, 4) is 0 Å². The molecule has 0 aliphatic rings. The Morgan fingerprint density at radius 1 is 1.25 bits per heavy atom. The Balaban J connectivity index is 1.52. The molecule has 0 saturated heterocycles. The zero-order chi connectivity index (χ0) is 19.9. The third-order valence-corrected chi connectivity index (χ3v) is 4.15. The predicted molar refractivity (Wildman–Crippen MR) is 108 cm³/mol. The summed E-state index contributed by atoms with van der Waals surface area (Å²) in [6.45, 7) is 8.75. The maximum Gasteiger partial charge on any atom is 0.191 e. The van der Waals surface area contributed by atoms with Crippen LogP contribution in [0.3, 0.4) is 0 Å². The molecule has 28 heavy (non-hydrogen) atoms. The van der Waals surface area contributed by atoms with Gasteiger partial charge in [-0.1, -0.05) is 19.0 Å². The van der Waals surface area contributed by atoms with Crippen LogP contribution in [0.4, 0.5) is 5.82 Å². The second-order valence-corrected chi connectivity index (χ2v) is 6.65. The van der Waals surface area contributed by atoms with Gasteiger partial charge in [0.25, 0.3) is 0 Å². The zero-order valence-electron chi connectivity index (χ0n) is 16.7. The SMILES string of the molecule is CCNC(=NCc1cc(C(C)C)no1)NCCNc1ncnc2c1cnn2C. The molecule has 0 saturated carbocycles. The summed E-state index contributed by atoms with van der Waals surface area (Å²) in [6.07, 6.45) is 3.30. The van der Waals surface area contributed by atoms with Crippen LogP contribution in [0, 0.1) is 0 Å². The van der Waals surface area contributed by atoms with Crippen molar-refractivity contribution in [2.45, 2.75) is 33.2 Å². The summed E-state index contributed by atoms with van der Waals surface area (Å²) in [6, 6.07) is 1.95. The van der Waals surface area contributed by atoms with Crippen molar-refractivity contribution in [2.75, 3.05) is 25.0 Å². The van der Waals surface area contributed by atoms with Gasteiger partial charge in [-0.2, -0.15) is 5.10 Å². The lowest BCUT2D eigenvalue weighted by molar-refractivity contribution is 0.376. The van der Waals surface area contributed by atoms with Gasteiger partial charge in [0.15, 0.2) is 17.4 Å². The molecular formula is C18H27N9O. The number of fused-ring (bicyclic) bond motifs is 1. The van der Waals surface area contributed by atoms with Gasteiger partial charge in [-0.3, -0.25) is 4.68 Å². The van der Waals surface area contributed by atoms with Gasteiger partial charge in [0, 0.05) is 32.7 Å². The number of nitrogens with zero attached hydrogens (tertiary/aromatic N) is 6. The highest BCUT2D eigenvalue weighted by Gasteiger charge is 2.08. The third kappa shape index (κ3) is 4.76. The molecule has 0 bridgehead atoms. The van der Waals surface area contributed by atoms with E-state index in [1.807, 2.05) is 20.0 Å². The van der Waals surface area contributed by atoms with Gasteiger partial charge in [-0.05, 0) is 12.8 Å². The van der Waals surface area contributed by atoms with Gasteiger partial charge >= 0.3 is 0 Å². The highest BCUT2D eigenvalue weighted by Crippen LogP contribution is 2.17. The van der Waals surface area contributed by atoms with E-state index in [2.05, 4.69) is 55.0 Å². The smallest absolute Gasteiger partial charge is 0.191 e. The summed E-state index contributed by atoms with van der Waals surface area (Å²) in [5, 5.41) is 19.0. The zero-order valence-corrected chi connectivity index (χ0v) is 16.7. The van der Waals surface area contributed by atoms with Crippen molar-refractivity contribution in [1.29, 1.82) is 0 Å². The van der Waals surface area contributed by atoms with Crippen molar-refractivity contribution in [3.63, 3.8) is 0 Å². The van der Waals surface area contributed by atoms with E-state index in [0.717, 1.165) is 40.8 Å². The Labute approximate surface area is 163 Å². The normalized spacial score (nSPS) is 12.0. The van der Waals surface area contributed by atoms with E-state index in [4.69, 9.17) is 4.52 Å². The maximum atomic E-state index is 5.33. The summed E-state index contributed by atoms with van der Waals surface area (Å²) < 4.78 is 7.06. The number of anilines is 1. The second-order valence-electron chi connectivity index (χ2n) is 6.65. The van der Waals surface area contributed by atoms with Crippen molar-refractivity contribution >= 4 is 22.8 Å². The van der Waals surface area contributed by atoms with E-state index in [9.17, 15) is 0 Å². The lowest BCUT2D eigenvalue weighted by Gasteiger charge is -2.12. The summed E-state index contributed by atoms with van der Waals surface area (Å²) in [4.78, 5) is 13.1. The molecule has 0 fully saturated rings. The number of aryl methyl sites for hydroxylation is 1. The molecule has 3 heterocycles. The number of hydrogen-bond acceptors (Lipinski definition) is 7. The fraction of sp³-hybridized carbons (Fsp3) is 0.500. The molecule has 10 nitrogen and oxygen atoms in total. The Hall–Kier alpha value is -3.17. The van der Waals surface area contributed by atoms with Crippen LogP contribution in [0.1, 0.15) is 38.1 Å². The van der Waals surface area contributed by atoms with Crippen molar-refractivity contribution in [3.05, 3.63) is 30.0 Å². The molecule has 10 heteroatoms. The van der Waals surface area contributed by atoms with Gasteiger partial charge in [0.05, 0.1) is 17.3 Å². The summed E-state index contributed by atoms with van der Waals surface area (Å²) in [5.74, 6) is 2.58. The first-order chi connectivity index (χ1) is 13.6. The standard InChI is InChI=1S/C18H27N9O/c1-5-19-18(22-9-13-8-15(12(2)3)26-28-13)21-7-6-20-16-14-10-25-27(4)17(14)24-11-23-16/h8,10-12H,5-7,9H2,1-4H3,(H2,19,21,22)(H,20,23,24). The molecule has 3 N–H and O–H groups in total. The van der Waals surface area contributed by atoms with Crippen LogP contribution < -0.4 is 16.0 Å². The molecule has 0 spiro atoms. The van der Waals surface area contributed by atoms with Gasteiger partial charge in [0.2, 0.25) is 0 Å². The summed E-state index contributed by atoms with van der Waals surface area (Å²) in [5.41, 5.74) is 1.74. The van der Waals surface area contributed by atoms with Gasteiger partial charge < -0.3 is 20.5 Å². The molecule has 3 aromatic heterocycles. The van der Waals surface area contributed by atoms with Crippen molar-refractivity contribution in [1.82, 2.24) is 35.5 Å². The average Bonchev–Trinajstić information content (AvgIpc) is 3.31. The molecule has 0 aliphatic carbocycles. The number of rotatable bonds is 8.